The van der Waals surface area contributed by atoms with E-state index in [1.165, 1.54) is 0 Å². The van der Waals surface area contributed by atoms with Crippen LogP contribution in [0.25, 0.3) is 0 Å². The predicted molar refractivity (Wildman–Crippen MR) is 76.8 cm³/mol. The maximum absolute atomic E-state index is 9.60. The first-order valence-electron chi connectivity index (χ1n) is 6.46. The zero-order valence-corrected chi connectivity index (χ0v) is 13.4. The minimum absolute atomic E-state index is 0.356. The van der Waals surface area contributed by atoms with Gasteiger partial charge in [0.15, 0.2) is 0 Å². The summed E-state index contributed by atoms with van der Waals surface area (Å²) in [6, 6.07) is 0.683. The predicted octanol–water partition coefficient (Wildman–Crippen LogP) is 2.32. The number of primary amides is 1. The van der Waals surface area contributed by atoms with Crippen molar-refractivity contribution in [3.05, 3.63) is 12.7 Å². The first-order valence-corrected chi connectivity index (χ1v) is 8.39. The van der Waals surface area contributed by atoms with Crippen LogP contribution in [0.3, 0.4) is 0 Å². The average molecular weight is 293 g/mol. The number of ether oxygens (including phenoxy) is 1. The lowest BCUT2D eigenvalue weighted by atomic mass is 10.8. The van der Waals surface area contributed by atoms with Crippen molar-refractivity contribution >= 4 is 14.9 Å². The third-order valence-electron chi connectivity index (χ3n) is 1.77. The molecule has 0 radical (unpaired) electrons. The molecule has 0 aromatic rings. The fourth-order valence-electron chi connectivity index (χ4n) is 1.28. The zero-order valence-electron chi connectivity index (χ0n) is 12.4. The van der Waals surface area contributed by atoms with Crippen molar-refractivity contribution in [3.63, 3.8) is 0 Å². The van der Waals surface area contributed by atoms with Gasteiger partial charge < -0.3 is 23.7 Å². The van der Waals surface area contributed by atoms with Crippen molar-refractivity contribution in [1.82, 2.24) is 0 Å². The molecule has 0 aliphatic rings. The molecule has 0 aliphatic heterocycles. The molecule has 0 saturated heterocycles. The quantitative estimate of drug-likeness (QED) is 0.521. The number of carbonyl (C=O) groups is 1. The van der Waals surface area contributed by atoms with E-state index >= 15 is 0 Å². The minimum atomic E-state index is -2.41. The van der Waals surface area contributed by atoms with Crippen LogP contribution in [-0.4, -0.2) is 41.3 Å². The lowest BCUT2D eigenvalue weighted by molar-refractivity contribution is 0.0743. The maximum atomic E-state index is 9.60. The van der Waals surface area contributed by atoms with E-state index < -0.39 is 14.9 Å². The molecule has 0 aromatic carbocycles. The number of hydrogen-bond acceptors (Lipinski definition) is 5. The van der Waals surface area contributed by atoms with Crippen LogP contribution in [0.1, 0.15) is 27.7 Å². The molecule has 1 amide bonds. The zero-order chi connectivity index (χ0) is 15.1. The molecular formula is C12H27NO5Si. The van der Waals surface area contributed by atoms with Gasteiger partial charge in [0, 0.05) is 25.9 Å². The molecule has 0 saturated carbocycles. The molecule has 0 atom stereocenters. The van der Waals surface area contributed by atoms with Crippen molar-refractivity contribution in [3.8, 4) is 0 Å². The Bertz CT molecular complexity index is 221. The summed E-state index contributed by atoms with van der Waals surface area (Å²) in [5, 5.41) is 0. The Kier molecular flexibility index (Phi) is 14.6. The summed E-state index contributed by atoms with van der Waals surface area (Å²) >= 11 is 0. The molecule has 6 nitrogen and oxygen atoms in total. The lowest BCUT2D eigenvalue weighted by Gasteiger charge is -2.27. The van der Waals surface area contributed by atoms with Crippen LogP contribution >= 0.6 is 0 Å². The molecule has 0 heterocycles. The summed E-state index contributed by atoms with van der Waals surface area (Å²) in [4.78, 5) is 9.60. The summed E-state index contributed by atoms with van der Waals surface area (Å²) in [5.41, 5.74) is 4.54. The number of rotatable bonds is 9. The summed E-state index contributed by atoms with van der Waals surface area (Å²) in [6.45, 7) is 13.5. The molecule has 0 aliphatic carbocycles. The lowest BCUT2D eigenvalue weighted by Crippen LogP contribution is -2.45. The van der Waals surface area contributed by atoms with E-state index in [1.807, 2.05) is 20.8 Å². The average Bonchev–Trinajstić information content (AvgIpc) is 2.31. The van der Waals surface area contributed by atoms with Crippen LogP contribution < -0.4 is 5.73 Å². The van der Waals surface area contributed by atoms with Crippen LogP contribution in [0.4, 0.5) is 4.79 Å². The second-order valence-corrected chi connectivity index (χ2v) is 5.87. The number of nitrogens with two attached hydrogens (primary N) is 1. The van der Waals surface area contributed by atoms with Crippen molar-refractivity contribution in [2.45, 2.75) is 33.7 Å². The van der Waals surface area contributed by atoms with Gasteiger partial charge in [-0.2, -0.15) is 0 Å². The van der Waals surface area contributed by atoms with Crippen LogP contribution in [-0.2, 0) is 18.0 Å². The maximum Gasteiger partial charge on any atom is 0.504 e. The van der Waals surface area contributed by atoms with E-state index in [-0.39, 0.29) is 0 Å². The Labute approximate surface area is 117 Å². The van der Waals surface area contributed by atoms with Crippen molar-refractivity contribution in [2.75, 3.05) is 26.4 Å². The van der Waals surface area contributed by atoms with Crippen LogP contribution in [0.2, 0.25) is 6.04 Å². The third-order valence-corrected chi connectivity index (χ3v) is 4.75. The number of allylic oxidation sites excluding steroid dienone is 1. The first-order chi connectivity index (χ1) is 9.01. The van der Waals surface area contributed by atoms with Crippen LogP contribution in [0.5, 0.6) is 0 Å². The van der Waals surface area contributed by atoms with E-state index in [1.54, 1.807) is 13.0 Å². The van der Waals surface area contributed by atoms with E-state index in [0.717, 1.165) is 0 Å². The van der Waals surface area contributed by atoms with E-state index in [2.05, 4.69) is 17.0 Å². The highest BCUT2D eigenvalue weighted by Gasteiger charge is 2.38. The molecular weight excluding hydrogens is 266 g/mol. The fourth-order valence-corrected chi connectivity index (χ4v) is 3.56. The standard InChI is InChI=1S/C9H20O3Si.C3H7NO2/c1-5-9-13(10-6-2,11-7-3)12-8-4;1-2-6-3(4)5/h5H,1,6-9H2,2-4H3;2H2,1H3,(H2,4,5). The van der Waals surface area contributed by atoms with E-state index in [0.29, 0.717) is 32.5 Å². The van der Waals surface area contributed by atoms with Gasteiger partial charge in [0.25, 0.3) is 0 Å². The van der Waals surface area contributed by atoms with Gasteiger partial charge in [-0.05, 0) is 27.7 Å². The van der Waals surface area contributed by atoms with Crippen molar-refractivity contribution < 1.29 is 22.8 Å². The normalized spacial score (nSPS) is 10.3. The second-order valence-electron chi connectivity index (χ2n) is 3.23. The Morgan fingerprint density at radius 1 is 1.05 bits per heavy atom. The SMILES string of the molecule is C=CC[Si](OCC)(OCC)OCC.CCOC(N)=O. The van der Waals surface area contributed by atoms with Gasteiger partial charge in [-0.1, -0.05) is 6.08 Å². The molecule has 114 valence electrons. The summed E-state index contributed by atoms with van der Waals surface area (Å²) < 4.78 is 20.9. The highest BCUT2D eigenvalue weighted by molar-refractivity contribution is 6.61. The molecule has 19 heavy (non-hydrogen) atoms. The molecule has 0 rings (SSSR count). The molecule has 0 unspecified atom stereocenters. The Hall–Kier alpha value is -0.893. The smallest absolute Gasteiger partial charge is 0.450 e. The first kappa shape index (κ1) is 20.4. The second kappa shape index (κ2) is 13.5. The monoisotopic (exact) mass is 293 g/mol. The molecule has 2 N–H and O–H groups in total. The van der Waals surface area contributed by atoms with E-state index in [9.17, 15) is 4.79 Å². The van der Waals surface area contributed by atoms with Crippen molar-refractivity contribution in [2.24, 2.45) is 5.73 Å². The largest absolute Gasteiger partial charge is 0.504 e. The number of carbonyl (C=O) groups excluding carboxylic acids is 1. The Morgan fingerprint density at radius 3 is 1.63 bits per heavy atom. The third kappa shape index (κ3) is 11.9. The topological polar surface area (TPSA) is 80.0 Å². The van der Waals surface area contributed by atoms with Gasteiger partial charge >= 0.3 is 14.9 Å². The Balaban J connectivity index is 0. The Morgan fingerprint density at radius 2 is 1.47 bits per heavy atom. The highest BCUT2D eigenvalue weighted by Crippen LogP contribution is 2.15. The van der Waals surface area contributed by atoms with E-state index in [4.69, 9.17) is 13.3 Å². The molecule has 0 fully saturated rings. The van der Waals surface area contributed by atoms with Gasteiger partial charge in [0.1, 0.15) is 0 Å². The van der Waals surface area contributed by atoms with Gasteiger partial charge in [0.2, 0.25) is 0 Å². The highest BCUT2D eigenvalue weighted by atomic mass is 28.4. The number of hydrogen-bond donors (Lipinski definition) is 1. The minimum Gasteiger partial charge on any atom is -0.450 e. The fraction of sp³-hybridized carbons (Fsp3) is 0.750. The molecule has 0 aromatic heterocycles. The van der Waals surface area contributed by atoms with Gasteiger partial charge in [-0.15, -0.1) is 6.58 Å². The number of amides is 1. The van der Waals surface area contributed by atoms with Crippen molar-refractivity contribution in [1.29, 1.82) is 0 Å². The molecule has 0 bridgehead atoms. The summed E-state index contributed by atoms with van der Waals surface area (Å²) in [5.74, 6) is 0. The van der Waals surface area contributed by atoms with Crippen LogP contribution in [0, 0.1) is 0 Å². The summed E-state index contributed by atoms with van der Waals surface area (Å²) in [6.07, 6.45) is 1.09. The molecule has 0 spiro atoms. The summed E-state index contributed by atoms with van der Waals surface area (Å²) in [7, 11) is -2.41. The van der Waals surface area contributed by atoms with Gasteiger partial charge in [-0.25, -0.2) is 4.79 Å². The van der Waals surface area contributed by atoms with Gasteiger partial charge in [0.05, 0.1) is 6.61 Å². The van der Waals surface area contributed by atoms with Gasteiger partial charge in [-0.3, -0.25) is 0 Å². The molecule has 7 heteroatoms. The van der Waals surface area contributed by atoms with Crippen LogP contribution in [0.15, 0.2) is 12.7 Å².